The molecule has 0 radical (unpaired) electrons. The van der Waals surface area contributed by atoms with Crippen molar-refractivity contribution in [1.29, 1.82) is 10.5 Å². The van der Waals surface area contributed by atoms with E-state index in [2.05, 4.69) is 4.99 Å². The van der Waals surface area contributed by atoms with Crippen molar-refractivity contribution in [3.05, 3.63) is 33.8 Å². The van der Waals surface area contributed by atoms with Crippen molar-refractivity contribution in [2.75, 3.05) is 6.26 Å². The van der Waals surface area contributed by atoms with Crippen molar-refractivity contribution < 1.29 is 0 Å². The molecule has 0 aliphatic rings. The van der Waals surface area contributed by atoms with Crippen LogP contribution in [0.3, 0.4) is 0 Å². The summed E-state index contributed by atoms with van der Waals surface area (Å²) in [4.78, 5) is 4.25. The quantitative estimate of drug-likeness (QED) is 0.627. The SMILES string of the molecule is CSC(=NCc1ccc(Cl)cc1Cl)C(C#N)C#N. The Labute approximate surface area is 120 Å². The largest absolute Gasteiger partial charge is 0.276 e. The van der Waals surface area contributed by atoms with Crippen molar-refractivity contribution in [3.63, 3.8) is 0 Å². The maximum atomic E-state index is 8.81. The molecule has 0 saturated carbocycles. The monoisotopic (exact) mass is 297 g/mol. The molecule has 0 aliphatic carbocycles. The van der Waals surface area contributed by atoms with E-state index in [-0.39, 0.29) is 0 Å². The van der Waals surface area contributed by atoms with Gasteiger partial charge in [-0.15, -0.1) is 11.8 Å². The fraction of sp³-hybridized carbons (Fsp3) is 0.250. The zero-order chi connectivity index (χ0) is 13.5. The molecule has 1 aromatic rings. The third-order valence-electron chi connectivity index (χ3n) is 2.13. The first-order valence-electron chi connectivity index (χ1n) is 4.93. The summed E-state index contributed by atoms with van der Waals surface area (Å²) in [6.45, 7) is 0.325. The second kappa shape index (κ2) is 7.28. The Hall–Kier alpha value is -1.20. The Morgan fingerprint density at radius 3 is 2.56 bits per heavy atom. The summed E-state index contributed by atoms with van der Waals surface area (Å²) in [5.41, 5.74) is 0.808. The van der Waals surface area contributed by atoms with Crippen LogP contribution in [0.2, 0.25) is 10.0 Å². The van der Waals surface area contributed by atoms with Gasteiger partial charge in [-0.05, 0) is 24.0 Å². The van der Waals surface area contributed by atoms with Gasteiger partial charge in [0.05, 0.1) is 23.7 Å². The van der Waals surface area contributed by atoms with Crippen LogP contribution < -0.4 is 0 Å². The molecule has 18 heavy (non-hydrogen) atoms. The molecule has 92 valence electrons. The number of nitrogens with zero attached hydrogens (tertiary/aromatic N) is 3. The summed E-state index contributed by atoms with van der Waals surface area (Å²) in [7, 11) is 0. The number of benzene rings is 1. The average Bonchev–Trinajstić information content (AvgIpc) is 2.36. The minimum absolute atomic E-state index is 0.325. The fourth-order valence-electron chi connectivity index (χ4n) is 1.23. The van der Waals surface area contributed by atoms with Gasteiger partial charge >= 0.3 is 0 Å². The first kappa shape index (κ1) is 14.9. The van der Waals surface area contributed by atoms with Crippen molar-refractivity contribution in [2.45, 2.75) is 6.54 Å². The first-order valence-corrected chi connectivity index (χ1v) is 6.92. The minimum atomic E-state index is -0.828. The molecule has 0 atom stereocenters. The summed E-state index contributed by atoms with van der Waals surface area (Å²) in [5, 5.41) is 19.2. The van der Waals surface area contributed by atoms with Gasteiger partial charge in [0.1, 0.15) is 0 Å². The lowest BCUT2D eigenvalue weighted by molar-refractivity contribution is 1.04. The molecule has 0 spiro atoms. The van der Waals surface area contributed by atoms with Crippen LogP contribution >= 0.6 is 35.0 Å². The molecular weight excluding hydrogens is 289 g/mol. The molecule has 0 aliphatic heterocycles. The second-order valence-corrected chi connectivity index (χ2v) is 4.96. The summed E-state index contributed by atoms with van der Waals surface area (Å²) in [5.74, 6) is -0.828. The van der Waals surface area contributed by atoms with Crippen LogP contribution in [0.15, 0.2) is 23.2 Å². The van der Waals surface area contributed by atoms with Gasteiger partial charge in [0.15, 0.2) is 5.92 Å². The highest BCUT2D eigenvalue weighted by Crippen LogP contribution is 2.22. The van der Waals surface area contributed by atoms with Gasteiger partial charge in [-0.2, -0.15) is 10.5 Å². The Morgan fingerprint density at radius 1 is 1.39 bits per heavy atom. The molecule has 6 heteroatoms. The number of nitriles is 2. The molecular formula is C12H9Cl2N3S. The first-order chi connectivity index (χ1) is 8.62. The normalized spacial score (nSPS) is 11.1. The van der Waals surface area contributed by atoms with Crippen LogP contribution in [0.1, 0.15) is 5.56 Å². The van der Waals surface area contributed by atoms with E-state index in [4.69, 9.17) is 33.7 Å². The molecule has 1 rings (SSSR count). The lowest BCUT2D eigenvalue weighted by Crippen LogP contribution is -2.06. The van der Waals surface area contributed by atoms with E-state index in [0.717, 1.165) is 5.56 Å². The standard InChI is InChI=1S/C12H9Cl2N3S/c1-18-12(9(5-15)6-16)17-7-8-2-3-10(13)4-11(8)14/h2-4,9H,7H2,1H3. The Morgan fingerprint density at radius 2 is 2.06 bits per heavy atom. The predicted octanol–water partition coefficient (Wildman–Crippen LogP) is 3.92. The van der Waals surface area contributed by atoms with Gasteiger partial charge in [-0.1, -0.05) is 29.3 Å². The van der Waals surface area contributed by atoms with Crippen LogP contribution in [0.5, 0.6) is 0 Å². The van der Waals surface area contributed by atoms with Crippen molar-refractivity contribution in [3.8, 4) is 12.1 Å². The van der Waals surface area contributed by atoms with E-state index in [1.54, 1.807) is 24.5 Å². The molecule has 0 unspecified atom stereocenters. The summed E-state index contributed by atoms with van der Waals surface area (Å²) >= 11 is 13.1. The number of aliphatic imine (C=N–C) groups is 1. The average molecular weight is 298 g/mol. The smallest absolute Gasteiger partial charge is 0.180 e. The van der Waals surface area contributed by atoms with Gasteiger partial charge in [0.2, 0.25) is 0 Å². The molecule has 0 aromatic heterocycles. The molecule has 0 bridgehead atoms. The lowest BCUT2D eigenvalue weighted by Gasteiger charge is -2.05. The Balaban J connectivity index is 2.91. The number of hydrogen-bond donors (Lipinski definition) is 0. The van der Waals surface area contributed by atoms with Crippen LogP contribution in [-0.4, -0.2) is 11.3 Å². The van der Waals surface area contributed by atoms with E-state index < -0.39 is 5.92 Å². The third-order valence-corrected chi connectivity index (χ3v) is 3.50. The van der Waals surface area contributed by atoms with Crippen molar-refractivity contribution in [2.24, 2.45) is 10.9 Å². The van der Waals surface area contributed by atoms with Crippen LogP contribution in [0.25, 0.3) is 0 Å². The van der Waals surface area contributed by atoms with Crippen LogP contribution in [0.4, 0.5) is 0 Å². The third kappa shape index (κ3) is 3.92. The van der Waals surface area contributed by atoms with E-state index in [1.807, 2.05) is 12.1 Å². The van der Waals surface area contributed by atoms with E-state index in [0.29, 0.717) is 21.6 Å². The lowest BCUT2D eigenvalue weighted by atomic mass is 10.2. The number of rotatable bonds is 3. The Kier molecular flexibility index (Phi) is 6.01. The number of halogens is 2. The van der Waals surface area contributed by atoms with E-state index in [9.17, 15) is 0 Å². The number of thioether (sulfide) groups is 1. The molecule has 0 heterocycles. The zero-order valence-electron chi connectivity index (χ0n) is 9.52. The molecule has 0 amide bonds. The maximum Gasteiger partial charge on any atom is 0.180 e. The maximum absolute atomic E-state index is 8.81. The van der Waals surface area contributed by atoms with Gasteiger partial charge in [-0.3, -0.25) is 4.99 Å². The van der Waals surface area contributed by atoms with Crippen molar-refractivity contribution in [1.82, 2.24) is 0 Å². The predicted molar refractivity (Wildman–Crippen MR) is 75.8 cm³/mol. The topological polar surface area (TPSA) is 59.9 Å². The molecule has 1 aromatic carbocycles. The highest BCUT2D eigenvalue weighted by molar-refractivity contribution is 8.13. The zero-order valence-corrected chi connectivity index (χ0v) is 11.9. The summed E-state index contributed by atoms with van der Waals surface area (Å²) in [6.07, 6.45) is 1.78. The van der Waals surface area contributed by atoms with Crippen molar-refractivity contribution >= 4 is 40.0 Å². The highest BCUT2D eigenvalue weighted by Gasteiger charge is 2.13. The summed E-state index contributed by atoms with van der Waals surface area (Å²) in [6, 6.07) is 8.93. The Bertz CT molecular complexity index is 529. The molecule has 0 saturated heterocycles. The van der Waals surface area contributed by atoms with Crippen LogP contribution in [0, 0.1) is 28.6 Å². The molecule has 0 fully saturated rings. The van der Waals surface area contributed by atoms with Gasteiger partial charge in [-0.25, -0.2) is 0 Å². The molecule has 0 N–H and O–H groups in total. The number of hydrogen-bond acceptors (Lipinski definition) is 4. The summed E-state index contributed by atoms with van der Waals surface area (Å²) < 4.78 is 0. The van der Waals surface area contributed by atoms with Crippen LogP contribution in [-0.2, 0) is 6.54 Å². The minimum Gasteiger partial charge on any atom is -0.276 e. The van der Waals surface area contributed by atoms with Gasteiger partial charge in [0.25, 0.3) is 0 Å². The van der Waals surface area contributed by atoms with E-state index >= 15 is 0 Å². The van der Waals surface area contributed by atoms with Gasteiger partial charge < -0.3 is 0 Å². The highest BCUT2D eigenvalue weighted by atomic mass is 35.5. The van der Waals surface area contributed by atoms with Gasteiger partial charge in [0, 0.05) is 10.0 Å². The molecule has 3 nitrogen and oxygen atoms in total. The second-order valence-electron chi connectivity index (χ2n) is 3.29. The fourth-order valence-corrected chi connectivity index (χ4v) is 2.23. The van der Waals surface area contributed by atoms with E-state index in [1.165, 1.54) is 11.8 Å².